The first-order chi connectivity index (χ1) is 14.5. The van der Waals surface area contributed by atoms with Crippen LogP contribution in [0.3, 0.4) is 0 Å². The molecule has 5 N–H and O–H groups in total. The van der Waals surface area contributed by atoms with E-state index in [1.165, 1.54) is 0 Å². The van der Waals surface area contributed by atoms with Crippen molar-refractivity contribution in [3.05, 3.63) is 0 Å². The Kier molecular flexibility index (Phi) is 16.3. The Morgan fingerprint density at radius 3 is 2.06 bits per heavy atom. The van der Waals surface area contributed by atoms with Gasteiger partial charge in [0.25, 0.3) is 0 Å². The van der Waals surface area contributed by atoms with E-state index in [9.17, 15) is 14.4 Å². The lowest BCUT2D eigenvalue weighted by Gasteiger charge is -2.21. The molecule has 8 heteroatoms. The maximum Gasteiger partial charge on any atom is 0.223 e. The van der Waals surface area contributed by atoms with Crippen molar-refractivity contribution in [2.45, 2.75) is 110 Å². The Balaban J connectivity index is 3.88. The molecule has 0 aromatic carbocycles. The maximum absolute atomic E-state index is 12.3. The number of amides is 2. The number of ether oxygens (including phenoxy) is 1. The number of Topliss-reactive ketones (excluding diaryl/α,β-unsaturated/α-hetero) is 1. The molecule has 0 aliphatic carbocycles. The second-order valence-electron chi connectivity index (χ2n) is 8.81. The Morgan fingerprint density at radius 2 is 1.48 bits per heavy atom. The zero-order chi connectivity index (χ0) is 23.8. The Bertz CT molecular complexity index is 525. The lowest BCUT2D eigenvalue weighted by atomic mass is 9.99. The normalized spacial score (nSPS) is 16.1. The lowest BCUT2D eigenvalue weighted by molar-refractivity contribution is -0.131. The van der Waals surface area contributed by atoms with Crippen LogP contribution in [0.5, 0.6) is 0 Å². The number of aliphatic hydroxyl groups is 1. The summed E-state index contributed by atoms with van der Waals surface area (Å²) < 4.78 is 5.32. The minimum Gasteiger partial charge on any atom is -0.391 e. The van der Waals surface area contributed by atoms with Gasteiger partial charge in [0.05, 0.1) is 18.8 Å². The van der Waals surface area contributed by atoms with Gasteiger partial charge in [-0.25, -0.2) is 0 Å². The smallest absolute Gasteiger partial charge is 0.223 e. The fraction of sp³-hybridized carbons (Fsp3) is 0.870. The van der Waals surface area contributed by atoms with Crippen LogP contribution >= 0.6 is 0 Å². The van der Waals surface area contributed by atoms with E-state index in [0.29, 0.717) is 19.6 Å². The van der Waals surface area contributed by atoms with Gasteiger partial charge in [0, 0.05) is 37.5 Å². The van der Waals surface area contributed by atoms with E-state index >= 15 is 0 Å². The zero-order valence-electron chi connectivity index (χ0n) is 20.1. The monoisotopic (exact) mass is 443 g/mol. The first-order valence-electron chi connectivity index (χ1n) is 11.7. The van der Waals surface area contributed by atoms with Crippen molar-refractivity contribution in [2.24, 2.45) is 11.7 Å². The standard InChI is InChI=1S/C23H45N3O5/c1-16(23(30)26-19(4)18(3)24)14-21(28)20(5)25-22(29)12-10-8-6-7-9-11-13-31-15-17(2)27/h16-20,27H,6-15,24H2,1-5H3,(H,25,29)(H,26,30). The maximum atomic E-state index is 12.3. The summed E-state index contributed by atoms with van der Waals surface area (Å²) in [6.07, 6.45) is 6.04. The van der Waals surface area contributed by atoms with Gasteiger partial charge < -0.3 is 26.2 Å². The van der Waals surface area contributed by atoms with Crippen molar-refractivity contribution >= 4 is 17.6 Å². The molecule has 8 nitrogen and oxygen atoms in total. The van der Waals surface area contributed by atoms with E-state index in [4.69, 9.17) is 15.6 Å². The predicted molar refractivity (Wildman–Crippen MR) is 122 cm³/mol. The number of carbonyl (C=O) groups excluding carboxylic acids is 3. The molecule has 0 saturated heterocycles. The SMILES string of the molecule is CC(O)COCCCCCCCCC(=O)NC(C)C(=O)CC(C)C(=O)NC(C)C(C)N. The minimum absolute atomic E-state index is 0.0832. The number of hydrogen-bond acceptors (Lipinski definition) is 6. The molecule has 182 valence electrons. The van der Waals surface area contributed by atoms with Crippen molar-refractivity contribution in [1.82, 2.24) is 10.6 Å². The van der Waals surface area contributed by atoms with Crippen molar-refractivity contribution in [3.8, 4) is 0 Å². The van der Waals surface area contributed by atoms with Gasteiger partial charge in [0.1, 0.15) is 0 Å². The summed E-state index contributed by atoms with van der Waals surface area (Å²) in [4.78, 5) is 36.5. The van der Waals surface area contributed by atoms with Gasteiger partial charge in [-0.1, -0.05) is 32.6 Å². The van der Waals surface area contributed by atoms with E-state index in [0.717, 1.165) is 38.5 Å². The quantitative estimate of drug-likeness (QED) is 0.240. The molecule has 0 aliphatic heterocycles. The van der Waals surface area contributed by atoms with Crippen LogP contribution in [-0.4, -0.2) is 60.1 Å². The van der Waals surface area contributed by atoms with Crippen LogP contribution in [0.1, 0.15) is 86.0 Å². The highest BCUT2D eigenvalue weighted by molar-refractivity contribution is 5.92. The molecular weight excluding hydrogens is 398 g/mol. The topological polar surface area (TPSA) is 131 Å². The molecule has 2 amide bonds. The third-order valence-corrected chi connectivity index (χ3v) is 5.28. The number of carbonyl (C=O) groups is 3. The largest absolute Gasteiger partial charge is 0.391 e. The van der Waals surface area contributed by atoms with Gasteiger partial charge in [-0.05, 0) is 40.5 Å². The molecule has 0 radical (unpaired) electrons. The molecule has 31 heavy (non-hydrogen) atoms. The number of hydrogen-bond donors (Lipinski definition) is 4. The molecule has 0 fully saturated rings. The van der Waals surface area contributed by atoms with Crippen LogP contribution in [0.15, 0.2) is 0 Å². The van der Waals surface area contributed by atoms with Crippen molar-refractivity contribution in [3.63, 3.8) is 0 Å². The summed E-state index contributed by atoms with van der Waals surface area (Å²) in [6, 6.07) is -0.930. The zero-order valence-corrected chi connectivity index (χ0v) is 20.1. The van der Waals surface area contributed by atoms with Crippen LogP contribution in [0, 0.1) is 5.92 Å². The second-order valence-corrected chi connectivity index (χ2v) is 8.81. The van der Waals surface area contributed by atoms with Crippen LogP contribution < -0.4 is 16.4 Å². The number of nitrogens with one attached hydrogen (secondary N) is 2. The minimum atomic E-state index is -0.602. The van der Waals surface area contributed by atoms with Crippen LogP contribution in [-0.2, 0) is 19.1 Å². The van der Waals surface area contributed by atoms with Gasteiger partial charge in [-0.15, -0.1) is 0 Å². The lowest BCUT2D eigenvalue weighted by Crippen LogP contribution is -2.46. The fourth-order valence-electron chi connectivity index (χ4n) is 2.91. The first-order valence-corrected chi connectivity index (χ1v) is 11.7. The van der Waals surface area contributed by atoms with E-state index in [-0.39, 0.29) is 36.1 Å². The molecule has 0 aromatic heterocycles. The summed E-state index contributed by atoms with van der Waals surface area (Å²) in [5.74, 6) is -0.950. The highest BCUT2D eigenvalue weighted by atomic mass is 16.5. The Hall–Kier alpha value is -1.51. The molecule has 5 unspecified atom stereocenters. The predicted octanol–water partition coefficient (Wildman–Crippen LogP) is 2.07. The van der Waals surface area contributed by atoms with E-state index < -0.39 is 18.1 Å². The summed E-state index contributed by atoms with van der Waals surface area (Å²) in [7, 11) is 0. The molecule has 0 aliphatic rings. The third-order valence-electron chi connectivity index (χ3n) is 5.28. The summed E-state index contributed by atoms with van der Waals surface area (Å²) >= 11 is 0. The van der Waals surface area contributed by atoms with Crippen LogP contribution in [0.25, 0.3) is 0 Å². The average Bonchev–Trinajstić information content (AvgIpc) is 2.68. The molecule has 0 saturated carbocycles. The second kappa shape index (κ2) is 17.1. The number of nitrogens with two attached hydrogens (primary N) is 1. The van der Waals surface area contributed by atoms with Crippen molar-refractivity contribution in [2.75, 3.05) is 13.2 Å². The number of rotatable bonds is 18. The molecule has 0 heterocycles. The first kappa shape index (κ1) is 29.5. The molecule has 0 rings (SSSR count). The molecule has 0 spiro atoms. The number of aliphatic hydroxyl groups excluding tert-OH is 1. The van der Waals surface area contributed by atoms with Crippen molar-refractivity contribution in [1.29, 1.82) is 0 Å². The van der Waals surface area contributed by atoms with E-state index in [1.54, 1.807) is 20.8 Å². The van der Waals surface area contributed by atoms with Crippen molar-refractivity contribution < 1.29 is 24.2 Å². The van der Waals surface area contributed by atoms with E-state index in [1.807, 2.05) is 13.8 Å². The van der Waals surface area contributed by atoms with Gasteiger partial charge in [0.2, 0.25) is 11.8 Å². The summed E-state index contributed by atoms with van der Waals surface area (Å²) in [5, 5.41) is 14.6. The third kappa shape index (κ3) is 15.9. The van der Waals surface area contributed by atoms with Gasteiger partial charge >= 0.3 is 0 Å². The highest BCUT2D eigenvalue weighted by Crippen LogP contribution is 2.09. The molecule has 0 bridgehead atoms. The molecule has 5 atom stereocenters. The molecular formula is C23H45N3O5. The highest BCUT2D eigenvalue weighted by Gasteiger charge is 2.23. The summed E-state index contributed by atoms with van der Waals surface area (Å²) in [6.45, 7) is 9.77. The van der Waals surface area contributed by atoms with Gasteiger partial charge in [0.15, 0.2) is 5.78 Å². The molecule has 0 aromatic rings. The fourth-order valence-corrected chi connectivity index (χ4v) is 2.91. The Labute approximate surface area is 188 Å². The van der Waals surface area contributed by atoms with Crippen LogP contribution in [0.4, 0.5) is 0 Å². The van der Waals surface area contributed by atoms with Gasteiger partial charge in [-0.2, -0.15) is 0 Å². The van der Waals surface area contributed by atoms with Crippen LogP contribution in [0.2, 0.25) is 0 Å². The van der Waals surface area contributed by atoms with Gasteiger partial charge in [-0.3, -0.25) is 14.4 Å². The Morgan fingerprint density at radius 1 is 0.903 bits per heavy atom. The summed E-state index contributed by atoms with van der Waals surface area (Å²) in [5.41, 5.74) is 5.75. The number of ketones is 1. The number of unbranched alkanes of at least 4 members (excludes halogenated alkanes) is 5. The van der Waals surface area contributed by atoms with E-state index in [2.05, 4.69) is 10.6 Å². The average molecular weight is 444 g/mol.